The Morgan fingerprint density at radius 3 is 1.43 bits per heavy atom. The summed E-state index contributed by atoms with van der Waals surface area (Å²) >= 11 is 0. The highest BCUT2D eigenvalue weighted by atomic mass is 16.5. The van der Waals surface area contributed by atoms with E-state index in [-0.39, 0.29) is 16.8 Å². The molecule has 0 aliphatic heterocycles. The van der Waals surface area contributed by atoms with Crippen molar-refractivity contribution in [3.05, 3.63) is 107 Å². The van der Waals surface area contributed by atoms with E-state index < -0.39 is 6.10 Å². The molecule has 0 atom stereocenters. The molecule has 3 aromatic carbocycles. The third kappa shape index (κ3) is 5.18. The molecule has 2 heteroatoms. The van der Waals surface area contributed by atoms with Gasteiger partial charge in [-0.25, -0.2) is 4.79 Å². The summed E-state index contributed by atoms with van der Waals surface area (Å²) in [5.41, 5.74) is 4.67. The molecule has 0 heterocycles. The van der Waals surface area contributed by atoms with Gasteiger partial charge in [-0.2, -0.15) is 0 Å². The second-order valence-electron chi connectivity index (χ2n) is 9.91. The molecule has 0 radical (unpaired) electrons. The van der Waals surface area contributed by atoms with Crippen LogP contribution in [-0.2, 0) is 15.6 Å². The maximum atomic E-state index is 13.3. The summed E-state index contributed by atoms with van der Waals surface area (Å²) in [5.74, 6) is -0.302. The van der Waals surface area contributed by atoms with E-state index in [4.69, 9.17) is 4.74 Å². The fraction of sp³-hybridized carbons (Fsp3) is 0.321. The number of carbonyl (C=O) groups is 1. The first-order valence-electron chi connectivity index (χ1n) is 10.5. The Bertz CT molecular complexity index is 919. The molecule has 2 nitrogen and oxygen atoms in total. The molecule has 0 bridgehead atoms. The standard InChI is InChI=1S/C28H32O2/c1-27(2,3)23-17-22(18-24(19-23)28(4,5)6)26(29)30-25(20-13-9-7-10-14-20)21-15-11-8-12-16-21/h7-19,25H,1-6H3. The van der Waals surface area contributed by atoms with Gasteiger partial charge >= 0.3 is 5.97 Å². The fourth-order valence-corrected chi connectivity index (χ4v) is 3.37. The minimum Gasteiger partial charge on any atom is -0.449 e. The van der Waals surface area contributed by atoms with Crippen molar-refractivity contribution in [2.45, 2.75) is 58.5 Å². The molecule has 0 unspecified atom stereocenters. The highest BCUT2D eigenvalue weighted by Gasteiger charge is 2.25. The Hall–Kier alpha value is -2.87. The Labute approximate surface area is 180 Å². The van der Waals surface area contributed by atoms with Crippen LogP contribution in [0.25, 0.3) is 0 Å². The summed E-state index contributed by atoms with van der Waals surface area (Å²) in [6.45, 7) is 13.0. The van der Waals surface area contributed by atoms with Crippen molar-refractivity contribution >= 4 is 5.97 Å². The van der Waals surface area contributed by atoms with Gasteiger partial charge in [-0.3, -0.25) is 0 Å². The summed E-state index contributed by atoms with van der Waals surface area (Å²) < 4.78 is 6.11. The molecule has 156 valence electrons. The zero-order valence-corrected chi connectivity index (χ0v) is 18.9. The molecule has 0 fully saturated rings. The van der Waals surface area contributed by atoms with Gasteiger partial charge in [0.15, 0.2) is 6.10 Å². The monoisotopic (exact) mass is 400 g/mol. The summed E-state index contributed by atoms with van der Waals surface area (Å²) in [6, 6.07) is 26.0. The topological polar surface area (TPSA) is 26.3 Å². The van der Waals surface area contributed by atoms with Crippen molar-refractivity contribution in [1.29, 1.82) is 0 Å². The first kappa shape index (κ1) is 21.8. The fourth-order valence-electron chi connectivity index (χ4n) is 3.37. The summed E-state index contributed by atoms with van der Waals surface area (Å²) in [6.07, 6.45) is -0.448. The van der Waals surface area contributed by atoms with Crippen LogP contribution in [-0.4, -0.2) is 5.97 Å². The minimum absolute atomic E-state index is 0.0610. The SMILES string of the molecule is CC(C)(C)c1cc(C(=O)OC(c2ccccc2)c2ccccc2)cc(C(C)(C)C)c1. The lowest BCUT2D eigenvalue weighted by Crippen LogP contribution is -2.19. The first-order chi connectivity index (χ1) is 14.1. The summed E-state index contributed by atoms with van der Waals surface area (Å²) in [7, 11) is 0. The van der Waals surface area contributed by atoms with Crippen LogP contribution in [0.15, 0.2) is 78.9 Å². The molecule has 0 spiro atoms. The highest BCUT2D eigenvalue weighted by Crippen LogP contribution is 2.32. The Kier molecular flexibility index (Phi) is 6.17. The van der Waals surface area contributed by atoms with Gasteiger partial charge in [0.1, 0.15) is 0 Å². The largest absolute Gasteiger partial charge is 0.449 e. The molecule has 30 heavy (non-hydrogen) atoms. The van der Waals surface area contributed by atoms with E-state index in [0.29, 0.717) is 5.56 Å². The van der Waals surface area contributed by atoms with E-state index in [1.807, 2.05) is 72.8 Å². The van der Waals surface area contributed by atoms with Crippen LogP contribution in [0, 0.1) is 0 Å². The molecule has 0 amide bonds. The van der Waals surface area contributed by atoms with E-state index in [0.717, 1.165) is 22.3 Å². The zero-order valence-electron chi connectivity index (χ0n) is 18.9. The van der Waals surface area contributed by atoms with E-state index in [1.54, 1.807) is 0 Å². The van der Waals surface area contributed by atoms with Crippen molar-refractivity contribution in [3.8, 4) is 0 Å². The minimum atomic E-state index is -0.448. The Morgan fingerprint density at radius 1 is 0.667 bits per heavy atom. The molecule has 0 N–H and O–H groups in total. The van der Waals surface area contributed by atoms with Crippen molar-refractivity contribution in [3.63, 3.8) is 0 Å². The van der Waals surface area contributed by atoms with Crippen LogP contribution in [0.5, 0.6) is 0 Å². The van der Waals surface area contributed by atoms with E-state index in [1.165, 1.54) is 0 Å². The third-order valence-corrected chi connectivity index (χ3v) is 5.33. The molecule has 0 saturated carbocycles. The number of carbonyl (C=O) groups excluding carboxylic acids is 1. The van der Waals surface area contributed by atoms with Crippen molar-refractivity contribution in [2.24, 2.45) is 0 Å². The van der Waals surface area contributed by atoms with Crippen LogP contribution in [0.2, 0.25) is 0 Å². The zero-order chi connectivity index (χ0) is 21.9. The highest BCUT2D eigenvalue weighted by molar-refractivity contribution is 5.90. The third-order valence-electron chi connectivity index (χ3n) is 5.33. The lowest BCUT2D eigenvalue weighted by atomic mass is 9.79. The number of benzene rings is 3. The molecule has 3 rings (SSSR count). The lowest BCUT2D eigenvalue weighted by molar-refractivity contribution is 0.0377. The number of esters is 1. The van der Waals surface area contributed by atoms with Gasteiger partial charge in [-0.15, -0.1) is 0 Å². The molecule has 3 aromatic rings. The van der Waals surface area contributed by atoms with Crippen LogP contribution in [0.4, 0.5) is 0 Å². The molecule has 0 aliphatic carbocycles. The average molecular weight is 401 g/mol. The number of hydrogen-bond donors (Lipinski definition) is 0. The van der Waals surface area contributed by atoms with Crippen LogP contribution in [0.1, 0.15) is 80.3 Å². The Morgan fingerprint density at radius 2 is 1.07 bits per heavy atom. The summed E-state index contributed by atoms with van der Waals surface area (Å²) in [5, 5.41) is 0. The van der Waals surface area contributed by atoms with Crippen molar-refractivity contribution in [1.82, 2.24) is 0 Å². The van der Waals surface area contributed by atoms with Gasteiger partial charge in [0.25, 0.3) is 0 Å². The molecular formula is C28H32O2. The van der Waals surface area contributed by atoms with E-state index >= 15 is 0 Å². The predicted molar refractivity (Wildman–Crippen MR) is 124 cm³/mol. The Balaban J connectivity index is 2.02. The van der Waals surface area contributed by atoms with E-state index in [2.05, 4.69) is 47.6 Å². The number of rotatable bonds is 4. The van der Waals surface area contributed by atoms with Crippen LogP contribution < -0.4 is 0 Å². The molecule has 0 saturated heterocycles. The summed E-state index contributed by atoms with van der Waals surface area (Å²) in [4.78, 5) is 13.3. The van der Waals surface area contributed by atoms with E-state index in [9.17, 15) is 4.79 Å². The second-order valence-corrected chi connectivity index (χ2v) is 9.91. The van der Waals surface area contributed by atoms with Crippen LogP contribution >= 0.6 is 0 Å². The number of ether oxygens (including phenoxy) is 1. The van der Waals surface area contributed by atoms with Gasteiger partial charge in [0.2, 0.25) is 0 Å². The van der Waals surface area contributed by atoms with Crippen molar-refractivity contribution in [2.75, 3.05) is 0 Å². The van der Waals surface area contributed by atoms with Gasteiger partial charge in [-0.1, -0.05) is 108 Å². The lowest BCUT2D eigenvalue weighted by Gasteiger charge is -2.26. The molecule has 0 aliphatic rings. The van der Waals surface area contributed by atoms with Gasteiger partial charge in [-0.05, 0) is 45.2 Å². The second kappa shape index (κ2) is 8.47. The quantitative estimate of drug-likeness (QED) is 0.432. The first-order valence-corrected chi connectivity index (χ1v) is 10.5. The van der Waals surface area contributed by atoms with Crippen LogP contribution in [0.3, 0.4) is 0 Å². The number of hydrogen-bond acceptors (Lipinski definition) is 2. The van der Waals surface area contributed by atoms with Crippen molar-refractivity contribution < 1.29 is 9.53 Å². The average Bonchev–Trinajstić information content (AvgIpc) is 2.71. The normalized spacial score (nSPS) is 12.1. The maximum Gasteiger partial charge on any atom is 0.339 e. The van der Waals surface area contributed by atoms with Gasteiger partial charge in [0, 0.05) is 0 Å². The predicted octanol–water partition coefficient (Wildman–Crippen LogP) is 7.23. The molecule has 0 aromatic heterocycles. The van der Waals surface area contributed by atoms with Gasteiger partial charge < -0.3 is 4.74 Å². The molecular weight excluding hydrogens is 368 g/mol. The van der Waals surface area contributed by atoms with Gasteiger partial charge in [0.05, 0.1) is 5.56 Å². The smallest absolute Gasteiger partial charge is 0.339 e. The maximum absolute atomic E-state index is 13.3.